The number of hydrogen-bond donors (Lipinski definition) is 2. The second kappa shape index (κ2) is 14.4. The third-order valence-corrected chi connectivity index (χ3v) is 6.79. The minimum absolute atomic E-state index is 0.0599. The molecule has 35 heavy (non-hydrogen) atoms. The lowest BCUT2D eigenvalue weighted by Crippen LogP contribution is -2.48. The number of hydrogen-bond acceptors (Lipinski definition) is 6. The number of alkyl halides is 3. The summed E-state index contributed by atoms with van der Waals surface area (Å²) in [6.07, 6.45) is -4.28. The van der Waals surface area contributed by atoms with Crippen LogP contribution in [0.1, 0.15) is 36.2 Å². The van der Waals surface area contributed by atoms with E-state index in [1.807, 2.05) is 32.9 Å². The van der Waals surface area contributed by atoms with E-state index in [9.17, 15) is 26.4 Å². The number of aliphatic carboxylic acids is 1. The monoisotopic (exact) mass is 525 g/mol. The molecule has 0 atom stereocenters. The van der Waals surface area contributed by atoms with Crippen LogP contribution in [0.15, 0.2) is 24.3 Å². The zero-order valence-electron chi connectivity index (χ0n) is 20.2. The van der Waals surface area contributed by atoms with Gasteiger partial charge in [-0.2, -0.15) is 17.5 Å². The Balaban J connectivity index is 0.000000762. The first-order chi connectivity index (χ1) is 16.2. The van der Waals surface area contributed by atoms with Gasteiger partial charge in [0, 0.05) is 51.4 Å². The zero-order valence-corrected chi connectivity index (χ0v) is 21.0. The molecule has 1 aliphatic rings. The van der Waals surface area contributed by atoms with Crippen molar-refractivity contribution in [3.05, 3.63) is 35.4 Å². The summed E-state index contributed by atoms with van der Waals surface area (Å²) < 4.78 is 64.1. The Labute approximate surface area is 204 Å². The molecule has 9 nitrogen and oxygen atoms in total. The molecule has 1 aliphatic heterocycles. The molecule has 1 saturated heterocycles. The predicted molar refractivity (Wildman–Crippen MR) is 125 cm³/mol. The van der Waals surface area contributed by atoms with Crippen LogP contribution in [0.5, 0.6) is 0 Å². The van der Waals surface area contributed by atoms with Gasteiger partial charge in [0.2, 0.25) is 10.0 Å². The number of nitrogens with one attached hydrogen (secondary N) is 1. The number of ether oxygens (including phenoxy) is 1. The second-order valence-corrected chi connectivity index (χ2v) is 10.3. The number of carboxylic acids is 1. The molecule has 1 heterocycles. The maximum atomic E-state index is 12.9. The third-order valence-electron chi connectivity index (χ3n) is 4.94. The van der Waals surface area contributed by atoms with E-state index in [1.54, 1.807) is 17.0 Å². The number of nitrogens with zero attached hydrogens (tertiary/aromatic N) is 2. The molecule has 0 aromatic heterocycles. The van der Waals surface area contributed by atoms with Gasteiger partial charge < -0.3 is 20.1 Å². The highest BCUT2D eigenvalue weighted by molar-refractivity contribution is 7.89. The van der Waals surface area contributed by atoms with Crippen LogP contribution in [-0.4, -0.2) is 98.5 Å². The maximum absolute atomic E-state index is 12.9. The molecule has 0 aliphatic carbocycles. The number of carboxylic acid groups (broad SMARTS) is 1. The predicted octanol–water partition coefficient (Wildman–Crippen LogP) is 2.12. The first-order valence-corrected chi connectivity index (χ1v) is 12.8. The number of amides is 1. The molecule has 1 fully saturated rings. The molecule has 1 amide bonds. The van der Waals surface area contributed by atoms with Crippen LogP contribution in [0, 0.1) is 6.92 Å². The van der Waals surface area contributed by atoms with Crippen molar-refractivity contribution in [2.45, 2.75) is 39.5 Å². The number of benzene rings is 1. The smallest absolute Gasteiger partial charge is 0.475 e. The molecule has 0 saturated carbocycles. The van der Waals surface area contributed by atoms with E-state index in [-0.39, 0.29) is 24.3 Å². The van der Waals surface area contributed by atoms with E-state index in [1.165, 1.54) is 4.31 Å². The van der Waals surface area contributed by atoms with Crippen LogP contribution in [0.2, 0.25) is 0 Å². The van der Waals surface area contributed by atoms with E-state index in [0.29, 0.717) is 51.3 Å². The van der Waals surface area contributed by atoms with Crippen LogP contribution in [0.3, 0.4) is 0 Å². The summed E-state index contributed by atoms with van der Waals surface area (Å²) in [6.45, 7) is 9.39. The Morgan fingerprint density at radius 3 is 2.17 bits per heavy atom. The topological polar surface area (TPSA) is 116 Å². The summed E-state index contributed by atoms with van der Waals surface area (Å²) in [5.74, 6) is -2.96. The number of halogens is 3. The van der Waals surface area contributed by atoms with Gasteiger partial charge in [-0.25, -0.2) is 13.2 Å². The standard InChI is InChI=1S/C20H33N3O4S.C2HF3O2/c1-17(2)27-15-4-11-22(20(24)19-7-5-18(3)6-8-19)14-16-28(25,26)23-12-9-21-10-13-23;3-2(4,5)1(6)7/h5-8,17,21H,4,9-16H2,1-3H3;(H,6,7). The Kier molecular flexibility index (Phi) is 12.6. The van der Waals surface area contributed by atoms with Crippen LogP contribution in [0.4, 0.5) is 13.2 Å². The molecular formula is C22H34F3N3O6S. The Hall–Kier alpha value is -2.22. The maximum Gasteiger partial charge on any atom is 0.490 e. The van der Waals surface area contributed by atoms with Crippen LogP contribution in [0.25, 0.3) is 0 Å². The Morgan fingerprint density at radius 1 is 1.14 bits per heavy atom. The van der Waals surface area contributed by atoms with Gasteiger partial charge in [0.05, 0.1) is 11.9 Å². The number of carbonyl (C=O) groups is 2. The minimum atomic E-state index is -5.08. The molecule has 0 spiro atoms. The van der Waals surface area contributed by atoms with Crippen molar-refractivity contribution < 1.29 is 41.0 Å². The Morgan fingerprint density at radius 2 is 1.69 bits per heavy atom. The lowest BCUT2D eigenvalue weighted by Gasteiger charge is -2.28. The molecule has 0 bridgehead atoms. The van der Waals surface area contributed by atoms with Gasteiger partial charge in [0.25, 0.3) is 5.91 Å². The Bertz CT molecular complexity index is 902. The average molecular weight is 526 g/mol. The molecule has 0 unspecified atom stereocenters. The SMILES string of the molecule is Cc1ccc(C(=O)N(CCCOC(C)C)CCS(=O)(=O)N2CCNCC2)cc1.O=C(O)C(F)(F)F. The number of carbonyl (C=O) groups excluding carboxylic acids is 1. The first-order valence-electron chi connectivity index (χ1n) is 11.2. The molecule has 1 aromatic rings. The zero-order chi connectivity index (χ0) is 26.6. The molecule has 1 aromatic carbocycles. The van der Waals surface area contributed by atoms with Crippen molar-refractivity contribution in [2.75, 3.05) is 51.6 Å². The van der Waals surface area contributed by atoms with Crippen molar-refractivity contribution in [3.8, 4) is 0 Å². The van der Waals surface area contributed by atoms with Gasteiger partial charge in [-0.15, -0.1) is 0 Å². The van der Waals surface area contributed by atoms with Crippen molar-refractivity contribution >= 4 is 21.9 Å². The summed E-state index contributed by atoms with van der Waals surface area (Å²) in [4.78, 5) is 23.5. The van der Waals surface area contributed by atoms with E-state index in [4.69, 9.17) is 14.6 Å². The number of aryl methyl sites for hydroxylation is 1. The summed E-state index contributed by atoms with van der Waals surface area (Å²) in [6, 6.07) is 7.37. The van der Waals surface area contributed by atoms with Gasteiger partial charge in [-0.3, -0.25) is 4.79 Å². The van der Waals surface area contributed by atoms with Gasteiger partial charge in [-0.1, -0.05) is 17.7 Å². The minimum Gasteiger partial charge on any atom is -0.475 e. The molecule has 200 valence electrons. The normalized spacial score (nSPS) is 14.8. The molecule has 13 heteroatoms. The van der Waals surface area contributed by atoms with E-state index in [0.717, 1.165) is 5.56 Å². The van der Waals surface area contributed by atoms with Crippen molar-refractivity contribution in [1.29, 1.82) is 0 Å². The highest BCUT2D eigenvalue weighted by Gasteiger charge is 2.38. The molecule has 0 radical (unpaired) electrons. The van der Waals surface area contributed by atoms with Gasteiger partial charge >= 0.3 is 12.1 Å². The first kappa shape index (κ1) is 30.8. The fraction of sp³-hybridized carbons (Fsp3) is 0.636. The molecule has 2 rings (SSSR count). The van der Waals surface area contributed by atoms with E-state index < -0.39 is 22.2 Å². The van der Waals surface area contributed by atoms with Gasteiger partial charge in [-0.05, 0) is 39.3 Å². The van der Waals surface area contributed by atoms with Crippen molar-refractivity contribution in [2.24, 2.45) is 0 Å². The fourth-order valence-electron chi connectivity index (χ4n) is 3.05. The van der Waals surface area contributed by atoms with Crippen molar-refractivity contribution in [1.82, 2.24) is 14.5 Å². The lowest BCUT2D eigenvalue weighted by atomic mass is 10.1. The van der Waals surface area contributed by atoms with Crippen LogP contribution < -0.4 is 5.32 Å². The van der Waals surface area contributed by atoms with Gasteiger partial charge in [0.1, 0.15) is 0 Å². The highest BCUT2D eigenvalue weighted by Crippen LogP contribution is 2.13. The van der Waals surface area contributed by atoms with E-state index in [2.05, 4.69) is 5.32 Å². The second-order valence-electron chi connectivity index (χ2n) is 8.20. The summed E-state index contributed by atoms with van der Waals surface area (Å²) in [5.41, 5.74) is 1.66. The summed E-state index contributed by atoms with van der Waals surface area (Å²) in [7, 11) is -3.38. The summed E-state index contributed by atoms with van der Waals surface area (Å²) >= 11 is 0. The fourth-order valence-corrected chi connectivity index (χ4v) is 4.49. The number of piperazine rings is 1. The quantitative estimate of drug-likeness (QED) is 0.450. The van der Waals surface area contributed by atoms with Crippen LogP contribution in [-0.2, 0) is 19.6 Å². The molecule has 2 N–H and O–H groups in total. The largest absolute Gasteiger partial charge is 0.490 e. The lowest BCUT2D eigenvalue weighted by molar-refractivity contribution is -0.192. The third kappa shape index (κ3) is 11.8. The molecular weight excluding hydrogens is 491 g/mol. The van der Waals surface area contributed by atoms with Crippen LogP contribution >= 0.6 is 0 Å². The highest BCUT2D eigenvalue weighted by atomic mass is 32.2. The van der Waals surface area contributed by atoms with Crippen molar-refractivity contribution in [3.63, 3.8) is 0 Å². The number of rotatable bonds is 10. The van der Waals surface area contributed by atoms with Gasteiger partial charge in [0.15, 0.2) is 0 Å². The number of sulfonamides is 1. The summed E-state index contributed by atoms with van der Waals surface area (Å²) in [5, 5.41) is 10.3. The van der Waals surface area contributed by atoms with E-state index >= 15 is 0 Å². The average Bonchev–Trinajstić information content (AvgIpc) is 2.79.